The van der Waals surface area contributed by atoms with Crippen LogP contribution in [0.4, 0.5) is 0 Å². The molecule has 1 heterocycles. The van der Waals surface area contributed by atoms with Crippen LogP contribution in [0.1, 0.15) is 29.7 Å². The van der Waals surface area contributed by atoms with Gasteiger partial charge in [-0.1, -0.05) is 31.2 Å². The number of likely N-dealkylation sites (N-methyl/N-ethyl adjacent to an activating group) is 1. The smallest absolute Gasteiger partial charge is 0.105 e. The molecule has 0 amide bonds. The molecule has 2 atom stereocenters. The normalized spacial score (nSPS) is 19.1. The molecule has 94 valence electrons. The van der Waals surface area contributed by atoms with E-state index in [4.69, 9.17) is 4.42 Å². The van der Waals surface area contributed by atoms with Gasteiger partial charge in [-0.25, -0.2) is 0 Å². The molecule has 0 spiro atoms. The van der Waals surface area contributed by atoms with Crippen LogP contribution in [0.2, 0.25) is 0 Å². The molecule has 2 nitrogen and oxygen atoms in total. The van der Waals surface area contributed by atoms with Crippen LogP contribution in [0.25, 0.3) is 0 Å². The molecule has 2 aromatic rings. The molecule has 1 aliphatic rings. The minimum absolute atomic E-state index is 0.482. The topological polar surface area (TPSA) is 25.2 Å². The van der Waals surface area contributed by atoms with Crippen molar-refractivity contribution in [3.05, 3.63) is 59.5 Å². The maximum Gasteiger partial charge on any atom is 0.105 e. The number of hydrogen-bond acceptors (Lipinski definition) is 2. The Labute approximate surface area is 108 Å². The number of hydrogen-bond donors (Lipinski definition) is 1. The average Bonchev–Trinajstić information content (AvgIpc) is 2.84. The standard InChI is InChI=1S/C16H19NO/c1-2-17-16(11-13-7-5-9-18-13)15-10-12-6-3-4-8-14(12)15/h3-9,15-17H,2,10-11H2,1H3. The van der Waals surface area contributed by atoms with Crippen molar-refractivity contribution in [1.82, 2.24) is 5.32 Å². The number of benzene rings is 1. The third-order valence-corrected chi connectivity index (χ3v) is 3.85. The van der Waals surface area contributed by atoms with E-state index in [9.17, 15) is 0 Å². The molecule has 1 aliphatic carbocycles. The second-order valence-electron chi connectivity index (χ2n) is 4.96. The fraction of sp³-hybridized carbons (Fsp3) is 0.375. The third-order valence-electron chi connectivity index (χ3n) is 3.85. The Balaban J connectivity index is 1.76. The van der Waals surface area contributed by atoms with Crippen LogP contribution in [0, 0.1) is 0 Å². The van der Waals surface area contributed by atoms with Gasteiger partial charge in [0.2, 0.25) is 0 Å². The summed E-state index contributed by atoms with van der Waals surface area (Å²) in [6.45, 7) is 3.17. The van der Waals surface area contributed by atoms with Crippen molar-refractivity contribution in [3.8, 4) is 0 Å². The van der Waals surface area contributed by atoms with E-state index in [1.54, 1.807) is 6.26 Å². The molecule has 2 unspecified atom stereocenters. The number of rotatable bonds is 5. The SMILES string of the molecule is CCNC(Cc1ccco1)C1Cc2ccccc21. The average molecular weight is 241 g/mol. The van der Waals surface area contributed by atoms with Gasteiger partial charge in [0.1, 0.15) is 5.76 Å². The summed E-state index contributed by atoms with van der Waals surface area (Å²) in [7, 11) is 0. The summed E-state index contributed by atoms with van der Waals surface area (Å²) in [5.74, 6) is 1.71. The fourth-order valence-corrected chi connectivity index (χ4v) is 2.92. The number of nitrogens with one attached hydrogen (secondary N) is 1. The van der Waals surface area contributed by atoms with Crippen LogP contribution >= 0.6 is 0 Å². The molecule has 1 aromatic heterocycles. The van der Waals surface area contributed by atoms with E-state index in [1.807, 2.05) is 6.07 Å². The van der Waals surface area contributed by atoms with E-state index in [-0.39, 0.29) is 0 Å². The van der Waals surface area contributed by atoms with Gasteiger partial charge in [0, 0.05) is 18.4 Å². The van der Waals surface area contributed by atoms with Crippen LogP contribution in [0.3, 0.4) is 0 Å². The number of fused-ring (bicyclic) bond motifs is 1. The van der Waals surface area contributed by atoms with Gasteiger partial charge in [0.05, 0.1) is 6.26 Å². The van der Waals surface area contributed by atoms with Crippen LogP contribution in [0.15, 0.2) is 47.1 Å². The Morgan fingerprint density at radius 3 is 2.89 bits per heavy atom. The summed E-state index contributed by atoms with van der Waals surface area (Å²) in [5, 5.41) is 3.60. The first-order valence-electron chi connectivity index (χ1n) is 6.72. The van der Waals surface area contributed by atoms with E-state index < -0.39 is 0 Å². The highest BCUT2D eigenvalue weighted by Crippen LogP contribution is 2.38. The van der Waals surface area contributed by atoms with Crippen molar-refractivity contribution in [1.29, 1.82) is 0 Å². The highest BCUT2D eigenvalue weighted by atomic mass is 16.3. The third kappa shape index (κ3) is 2.08. The van der Waals surface area contributed by atoms with Gasteiger partial charge in [0.15, 0.2) is 0 Å². The molecule has 18 heavy (non-hydrogen) atoms. The largest absolute Gasteiger partial charge is 0.469 e. The highest BCUT2D eigenvalue weighted by molar-refractivity contribution is 5.41. The molecule has 1 N–H and O–H groups in total. The van der Waals surface area contributed by atoms with Crippen molar-refractivity contribution in [2.75, 3.05) is 6.54 Å². The Kier molecular flexibility index (Phi) is 3.20. The summed E-state index contributed by atoms with van der Waals surface area (Å²) in [5.41, 5.74) is 3.01. The lowest BCUT2D eigenvalue weighted by Gasteiger charge is -2.36. The predicted molar refractivity (Wildman–Crippen MR) is 72.8 cm³/mol. The van der Waals surface area contributed by atoms with Crippen molar-refractivity contribution in [3.63, 3.8) is 0 Å². The minimum Gasteiger partial charge on any atom is -0.469 e. The quantitative estimate of drug-likeness (QED) is 0.870. The predicted octanol–water partition coefficient (Wildman–Crippen LogP) is 3.14. The zero-order chi connectivity index (χ0) is 12.4. The Bertz CT molecular complexity index is 504. The van der Waals surface area contributed by atoms with Gasteiger partial charge < -0.3 is 9.73 Å². The zero-order valence-corrected chi connectivity index (χ0v) is 10.7. The van der Waals surface area contributed by atoms with Crippen LogP contribution in [0.5, 0.6) is 0 Å². The van der Waals surface area contributed by atoms with E-state index in [0.29, 0.717) is 12.0 Å². The first kappa shape index (κ1) is 11.5. The maximum atomic E-state index is 5.48. The fourth-order valence-electron chi connectivity index (χ4n) is 2.92. The first-order valence-corrected chi connectivity index (χ1v) is 6.72. The Morgan fingerprint density at radius 2 is 2.17 bits per heavy atom. The lowest BCUT2D eigenvalue weighted by Crippen LogP contribution is -2.41. The molecule has 2 heteroatoms. The summed E-state index contributed by atoms with van der Waals surface area (Å²) in [6.07, 6.45) is 3.92. The van der Waals surface area contributed by atoms with Crippen molar-refractivity contribution in [2.24, 2.45) is 0 Å². The van der Waals surface area contributed by atoms with Crippen molar-refractivity contribution in [2.45, 2.75) is 31.7 Å². The van der Waals surface area contributed by atoms with Gasteiger partial charge in [-0.15, -0.1) is 0 Å². The van der Waals surface area contributed by atoms with E-state index >= 15 is 0 Å². The lowest BCUT2D eigenvalue weighted by atomic mass is 9.72. The second kappa shape index (κ2) is 4.99. The van der Waals surface area contributed by atoms with E-state index in [2.05, 4.69) is 42.6 Å². The van der Waals surface area contributed by atoms with Crippen LogP contribution < -0.4 is 5.32 Å². The number of furan rings is 1. The molecule has 0 fully saturated rings. The molecular weight excluding hydrogens is 222 g/mol. The monoisotopic (exact) mass is 241 g/mol. The van der Waals surface area contributed by atoms with Crippen LogP contribution in [-0.2, 0) is 12.8 Å². The summed E-state index contributed by atoms with van der Waals surface area (Å²) >= 11 is 0. The first-order chi connectivity index (χ1) is 8.88. The molecule has 0 aliphatic heterocycles. The van der Waals surface area contributed by atoms with Gasteiger partial charge in [-0.05, 0) is 36.2 Å². The van der Waals surface area contributed by atoms with Crippen LogP contribution in [-0.4, -0.2) is 12.6 Å². The Hall–Kier alpha value is -1.54. The zero-order valence-electron chi connectivity index (χ0n) is 10.7. The van der Waals surface area contributed by atoms with E-state index in [1.165, 1.54) is 17.5 Å². The maximum absolute atomic E-state index is 5.48. The summed E-state index contributed by atoms with van der Waals surface area (Å²) in [4.78, 5) is 0. The molecule has 0 radical (unpaired) electrons. The molecule has 0 saturated heterocycles. The van der Waals surface area contributed by atoms with Crippen molar-refractivity contribution < 1.29 is 4.42 Å². The molecule has 0 bridgehead atoms. The van der Waals surface area contributed by atoms with E-state index in [0.717, 1.165) is 18.7 Å². The second-order valence-corrected chi connectivity index (χ2v) is 4.96. The van der Waals surface area contributed by atoms with Gasteiger partial charge >= 0.3 is 0 Å². The minimum atomic E-state index is 0.482. The Morgan fingerprint density at radius 1 is 1.28 bits per heavy atom. The molecular formula is C16H19NO. The summed E-state index contributed by atoms with van der Waals surface area (Å²) in [6, 6.07) is 13.3. The van der Waals surface area contributed by atoms with Crippen molar-refractivity contribution >= 4 is 0 Å². The molecule has 3 rings (SSSR count). The molecule has 0 saturated carbocycles. The molecule has 1 aromatic carbocycles. The lowest BCUT2D eigenvalue weighted by molar-refractivity contribution is 0.375. The highest BCUT2D eigenvalue weighted by Gasteiger charge is 2.32. The summed E-state index contributed by atoms with van der Waals surface area (Å²) < 4.78 is 5.48. The van der Waals surface area contributed by atoms with Gasteiger partial charge in [-0.2, -0.15) is 0 Å². The van der Waals surface area contributed by atoms with Gasteiger partial charge in [-0.3, -0.25) is 0 Å². The van der Waals surface area contributed by atoms with Gasteiger partial charge in [0.25, 0.3) is 0 Å².